The highest BCUT2D eigenvalue weighted by atomic mass is 16.2. The van der Waals surface area contributed by atoms with Gasteiger partial charge < -0.3 is 0 Å². The van der Waals surface area contributed by atoms with Crippen LogP contribution in [0.15, 0.2) is 47.6 Å². The number of benzene rings is 2. The fourth-order valence-corrected chi connectivity index (χ4v) is 1.99. The minimum atomic E-state index is -0.0389. The van der Waals surface area contributed by atoms with Crippen molar-refractivity contribution in [3.63, 3.8) is 0 Å². The van der Waals surface area contributed by atoms with Gasteiger partial charge in [-0.15, -0.1) is 0 Å². The summed E-state index contributed by atoms with van der Waals surface area (Å²) in [6.45, 7) is 0. The first-order chi connectivity index (χ1) is 7.84. The summed E-state index contributed by atoms with van der Waals surface area (Å²) in [5.41, 5.74) is 4.34. The van der Waals surface area contributed by atoms with Crippen molar-refractivity contribution in [3.8, 4) is 0 Å². The van der Waals surface area contributed by atoms with Crippen LogP contribution in [0.4, 0.5) is 0 Å². The van der Waals surface area contributed by atoms with Crippen LogP contribution >= 0.6 is 0 Å². The van der Waals surface area contributed by atoms with Crippen LogP contribution in [0.5, 0.6) is 0 Å². The Bertz CT molecular complexity index is 596. The molecule has 1 heterocycles. The monoisotopic (exact) mass is 210 g/mol. The minimum absolute atomic E-state index is 0.0389. The molecule has 0 aromatic heterocycles. The van der Waals surface area contributed by atoms with Gasteiger partial charge in [-0.05, 0) is 10.8 Å². The molecule has 3 heteroatoms. The van der Waals surface area contributed by atoms with Crippen molar-refractivity contribution in [2.24, 2.45) is 5.10 Å². The van der Waals surface area contributed by atoms with E-state index in [9.17, 15) is 4.79 Å². The number of carbonyl (C=O) groups excluding carboxylic acids is 1. The number of nitrogens with one attached hydrogen (secondary N) is 1. The number of nitrogens with zero attached hydrogens (tertiary/aromatic N) is 1. The molecule has 3 nitrogen and oxygen atoms in total. The Balaban J connectivity index is 2.20. The topological polar surface area (TPSA) is 41.5 Å². The second-order valence-corrected chi connectivity index (χ2v) is 3.80. The summed E-state index contributed by atoms with van der Waals surface area (Å²) in [6, 6.07) is 14.2. The Hall–Kier alpha value is -2.16. The highest BCUT2D eigenvalue weighted by Gasteiger charge is 2.17. The zero-order valence-corrected chi connectivity index (χ0v) is 8.60. The van der Waals surface area contributed by atoms with Crippen molar-refractivity contribution in [1.29, 1.82) is 0 Å². The second kappa shape index (κ2) is 3.45. The lowest BCUT2D eigenvalue weighted by molar-refractivity contribution is -0.119. The number of amides is 1. The van der Waals surface area contributed by atoms with Gasteiger partial charge in [-0.3, -0.25) is 4.79 Å². The molecule has 0 atom stereocenters. The van der Waals surface area contributed by atoms with Gasteiger partial charge in [0.2, 0.25) is 5.91 Å². The summed E-state index contributed by atoms with van der Waals surface area (Å²) >= 11 is 0. The molecule has 1 aliphatic rings. The Morgan fingerprint density at radius 1 is 1.06 bits per heavy atom. The molecule has 1 aliphatic heterocycles. The maximum absolute atomic E-state index is 11.1. The van der Waals surface area contributed by atoms with Gasteiger partial charge in [0.25, 0.3) is 0 Å². The molecule has 1 N–H and O–H groups in total. The van der Waals surface area contributed by atoms with E-state index in [0.717, 1.165) is 16.7 Å². The van der Waals surface area contributed by atoms with E-state index in [2.05, 4.69) is 28.7 Å². The third-order valence-electron chi connectivity index (χ3n) is 2.74. The first kappa shape index (κ1) is 9.09. The van der Waals surface area contributed by atoms with Crippen LogP contribution in [0, 0.1) is 0 Å². The minimum Gasteiger partial charge on any atom is -0.273 e. The maximum Gasteiger partial charge on any atom is 0.246 e. The summed E-state index contributed by atoms with van der Waals surface area (Å²) in [5, 5.41) is 6.36. The van der Waals surface area contributed by atoms with Gasteiger partial charge in [-0.1, -0.05) is 42.5 Å². The summed E-state index contributed by atoms with van der Waals surface area (Å²) in [5.74, 6) is -0.0389. The van der Waals surface area contributed by atoms with Crippen molar-refractivity contribution in [1.82, 2.24) is 5.43 Å². The lowest BCUT2D eigenvalue weighted by atomic mass is 10.00. The van der Waals surface area contributed by atoms with E-state index in [1.54, 1.807) is 0 Å². The molecule has 78 valence electrons. The largest absolute Gasteiger partial charge is 0.273 e. The number of fused-ring (bicyclic) bond motifs is 1. The average molecular weight is 210 g/mol. The Kier molecular flexibility index (Phi) is 1.96. The van der Waals surface area contributed by atoms with Gasteiger partial charge >= 0.3 is 0 Å². The van der Waals surface area contributed by atoms with Gasteiger partial charge in [-0.2, -0.15) is 5.10 Å². The van der Waals surface area contributed by atoms with Crippen molar-refractivity contribution < 1.29 is 4.79 Å². The van der Waals surface area contributed by atoms with Gasteiger partial charge in [0.05, 0.1) is 12.1 Å². The SMILES string of the molecule is O=C1CC(c2cccc3ccccc23)=NN1. The number of hydrogen-bond acceptors (Lipinski definition) is 2. The van der Waals surface area contributed by atoms with E-state index in [4.69, 9.17) is 0 Å². The smallest absolute Gasteiger partial charge is 0.246 e. The van der Waals surface area contributed by atoms with Crippen molar-refractivity contribution in [2.45, 2.75) is 6.42 Å². The Labute approximate surface area is 92.8 Å². The molecule has 2 aromatic carbocycles. The van der Waals surface area contributed by atoms with Gasteiger partial charge in [-0.25, -0.2) is 5.43 Å². The van der Waals surface area contributed by atoms with E-state index in [1.165, 1.54) is 5.39 Å². The molecule has 0 bridgehead atoms. The van der Waals surface area contributed by atoms with E-state index in [-0.39, 0.29) is 5.91 Å². The van der Waals surface area contributed by atoms with E-state index >= 15 is 0 Å². The van der Waals surface area contributed by atoms with Crippen LogP contribution in [0.25, 0.3) is 10.8 Å². The van der Waals surface area contributed by atoms with Crippen molar-refractivity contribution in [3.05, 3.63) is 48.0 Å². The van der Waals surface area contributed by atoms with Crippen LogP contribution in [-0.2, 0) is 4.79 Å². The molecule has 0 fully saturated rings. The Morgan fingerprint density at radius 2 is 1.88 bits per heavy atom. The van der Waals surface area contributed by atoms with Crippen molar-refractivity contribution >= 4 is 22.4 Å². The van der Waals surface area contributed by atoms with Gasteiger partial charge in [0.15, 0.2) is 0 Å². The zero-order valence-electron chi connectivity index (χ0n) is 8.60. The fraction of sp³-hybridized carbons (Fsp3) is 0.0769. The van der Waals surface area contributed by atoms with Crippen LogP contribution in [0.3, 0.4) is 0 Å². The van der Waals surface area contributed by atoms with Crippen LogP contribution in [0.2, 0.25) is 0 Å². The molecule has 0 radical (unpaired) electrons. The molecule has 0 aliphatic carbocycles. The van der Waals surface area contributed by atoms with Gasteiger partial charge in [0, 0.05) is 5.56 Å². The molecule has 16 heavy (non-hydrogen) atoms. The predicted molar refractivity (Wildman–Crippen MR) is 63.2 cm³/mol. The lowest BCUT2D eigenvalue weighted by Gasteiger charge is -2.04. The normalized spacial score (nSPS) is 15.0. The molecule has 0 unspecified atom stereocenters. The zero-order chi connectivity index (χ0) is 11.0. The predicted octanol–water partition coefficient (Wildman–Crippen LogP) is 2.06. The van der Waals surface area contributed by atoms with Crippen LogP contribution in [0.1, 0.15) is 12.0 Å². The maximum atomic E-state index is 11.1. The first-order valence-electron chi connectivity index (χ1n) is 5.18. The highest BCUT2D eigenvalue weighted by molar-refractivity contribution is 6.19. The third kappa shape index (κ3) is 1.37. The van der Waals surface area contributed by atoms with Crippen LogP contribution < -0.4 is 5.43 Å². The fourth-order valence-electron chi connectivity index (χ4n) is 1.99. The highest BCUT2D eigenvalue weighted by Crippen LogP contribution is 2.21. The van der Waals surface area contributed by atoms with Crippen molar-refractivity contribution in [2.75, 3.05) is 0 Å². The lowest BCUT2D eigenvalue weighted by Crippen LogP contribution is -2.09. The molecular formula is C13H10N2O. The molecular weight excluding hydrogens is 200 g/mol. The summed E-state index contributed by atoms with van der Waals surface area (Å²) in [7, 11) is 0. The van der Waals surface area contributed by atoms with E-state index < -0.39 is 0 Å². The van der Waals surface area contributed by atoms with Gasteiger partial charge in [0.1, 0.15) is 0 Å². The molecule has 0 saturated carbocycles. The molecule has 2 aromatic rings. The quantitative estimate of drug-likeness (QED) is 0.769. The molecule has 1 amide bonds. The third-order valence-corrected chi connectivity index (χ3v) is 2.74. The van der Waals surface area contributed by atoms with E-state index in [0.29, 0.717) is 6.42 Å². The summed E-state index contributed by atoms with van der Waals surface area (Å²) in [6.07, 6.45) is 0.369. The first-order valence-corrected chi connectivity index (χ1v) is 5.18. The Morgan fingerprint density at radius 3 is 2.69 bits per heavy atom. The average Bonchev–Trinajstić information content (AvgIpc) is 2.75. The van der Waals surface area contributed by atoms with Crippen LogP contribution in [-0.4, -0.2) is 11.6 Å². The molecule has 0 spiro atoms. The summed E-state index contributed by atoms with van der Waals surface area (Å²) < 4.78 is 0. The molecule has 3 rings (SSSR count). The number of rotatable bonds is 1. The number of hydrazone groups is 1. The molecule has 0 saturated heterocycles. The van der Waals surface area contributed by atoms with E-state index in [1.807, 2.05) is 24.3 Å². The summed E-state index contributed by atoms with van der Waals surface area (Å²) in [4.78, 5) is 11.1. The number of carbonyl (C=O) groups is 1. The second-order valence-electron chi connectivity index (χ2n) is 3.80. The standard InChI is InChI=1S/C13H10N2O/c16-13-8-12(14-15-13)11-7-3-5-9-4-1-2-6-10(9)11/h1-7H,8H2,(H,15,16). The number of hydrogen-bond donors (Lipinski definition) is 1.